The second-order valence-corrected chi connectivity index (χ2v) is 10.7. The summed E-state index contributed by atoms with van der Waals surface area (Å²) < 4.78 is 34.1. The van der Waals surface area contributed by atoms with Crippen LogP contribution in [0.15, 0.2) is 23.1 Å². The number of hydrogen-bond donors (Lipinski definition) is 1. The third-order valence-corrected chi connectivity index (χ3v) is 8.98. The Morgan fingerprint density at radius 1 is 1.42 bits per heavy atom. The van der Waals surface area contributed by atoms with Crippen LogP contribution in [0.3, 0.4) is 0 Å². The van der Waals surface area contributed by atoms with Crippen molar-refractivity contribution in [2.75, 3.05) is 26.8 Å². The van der Waals surface area contributed by atoms with Crippen LogP contribution in [0.5, 0.6) is 0 Å². The molecule has 0 aromatic heterocycles. The molecule has 1 aliphatic carbocycles. The Balaban J connectivity index is 1.80. The van der Waals surface area contributed by atoms with Crippen LogP contribution in [0, 0.1) is 23.7 Å². The molecule has 2 heterocycles. The molecule has 2 aliphatic heterocycles. The van der Waals surface area contributed by atoms with Crippen molar-refractivity contribution in [2.24, 2.45) is 17.1 Å². The van der Waals surface area contributed by atoms with Gasteiger partial charge in [-0.3, -0.25) is 9.59 Å². The molecule has 2 N–H and O–H groups in total. The van der Waals surface area contributed by atoms with Crippen LogP contribution in [0.1, 0.15) is 29.6 Å². The van der Waals surface area contributed by atoms with E-state index < -0.39 is 27.4 Å². The fourth-order valence-electron chi connectivity index (χ4n) is 5.74. The minimum atomic E-state index is -4.12. The molecule has 1 saturated carbocycles. The molecule has 31 heavy (non-hydrogen) atoms. The maximum Gasteiger partial charge on any atom is 0.248 e. The number of hydrogen-bond acceptors (Lipinski definition) is 5. The third-order valence-electron chi connectivity index (χ3n) is 6.91. The van der Waals surface area contributed by atoms with Gasteiger partial charge in [-0.05, 0) is 31.0 Å². The Morgan fingerprint density at radius 3 is 2.81 bits per heavy atom. The summed E-state index contributed by atoms with van der Waals surface area (Å²) in [6.07, 6.45) is 7.67. The number of methoxy groups -OCH3 is 1. The predicted octanol–water partition coefficient (Wildman–Crippen LogP) is 1.09. The van der Waals surface area contributed by atoms with Crippen LogP contribution < -0.4 is 5.73 Å². The van der Waals surface area contributed by atoms with Gasteiger partial charge in [0.1, 0.15) is 6.04 Å². The smallest absolute Gasteiger partial charge is 0.248 e. The summed E-state index contributed by atoms with van der Waals surface area (Å²) in [4.78, 5) is 26.4. The highest BCUT2D eigenvalue weighted by molar-refractivity contribution is 7.89. The second-order valence-electron chi connectivity index (χ2n) is 8.37. The van der Waals surface area contributed by atoms with Gasteiger partial charge < -0.3 is 15.4 Å². The summed E-state index contributed by atoms with van der Waals surface area (Å²) in [6.45, 7) is 0.964. The lowest BCUT2D eigenvalue weighted by atomic mass is 9.58. The maximum atomic E-state index is 13.7. The van der Waals surface area contributed by atoms with Crippen molar-refractivity contribution in [3.63, 3.8) is 0 Å². The Bertz CT molecular complexity index is 1080. The number of nitrogens with two attached hydrogens (primary N) is 1. The van der Waals surface area contributed by atoms with Crippen molar-refractivity contribution < 1.29 is 22.7 Å². The van der Waals surface area contributed by atoms with E-state index >= 15 is 0 Å². The summed E-state index contributed by atoms with van der Waals surface area (Å²) in [5.41, 5.74) is 4.85. The van der Waals surface area contributed by atoms with E-state index in [0.717, 1.165) is 12.8 Å². The highest BCUT2D eigenvalue weighted by atomic mass is 35.5. The predicted molar refractivity (Wildman–Crippen MR) is 114 cm³/mol. The van der Waals surface area contributed by atoms with Crippen molar-refractivity contribution in [3.05, 3.63) is 28.8 Å². The first kappa shape index (κ1) is 22.1. The molecule has 2 amide bonds. The number of terminal acetylenes is 1. The van der Waals surface area contributed by atoms with Crippen LogP contribution >= 0.6 is 11.6 Å². The van der Waals surface area contributed by atoms with Gasteiger partial charge in [0.2, 0.25) is 21.8 Å². The third kappa shape index (κ3) is 3.16. The molecule has 0 radical (unpaired) electrons. The van der Waals surface area contributed by atoms with Gasteiger partial charge in [0.25, 0.3) is 0 Å². The summed E-state index contributed by atoms with van der Waals surface area (Å²) >= 11 is 6.07. The van der Waals surface area contributed by atoms with Gasteiger partial charge in [0.15, 0.2) is 0 Å². The molecule has 1 aromatic rings. The highest BCUT2D eigenvalue weighted by Crippen LogP contribution is 2.62. The zero-order valence-corrected chi connectivity index (χ0v) is 18.7. The Kier molecular flexibility index (Phi) is 5.54. The number of likely N-dealkylation sites (tertiary alicyclic amines) is 1. The lowest BCUT2D eigenvalue weighted by Gasteiger charge is -2.65. The number of primary amides is 1. The Labute approximate surface area is 186 Å². The van der Waals surface area contributed by atoms with E-state index in [1.165, 1.54) is 27.4 Å². The van der Waals surface area contributed by atoms with Crippen LogP contribution in [-0.4, -0.2) is 68.3 Å². The maximum absolute atomic E-state index is 13.7. The monoisotopic (exact) mass is 465 g/mol. The fraction of sp³-hybridized carbons (Fsp3) is 0.524. The quantitative estimate of drug-likeness (QED) is 0.632. The first-order chi connectivity index (χ1) is 14.7. The van der Waals surface area contributed by atoms with Crippen LogP contribution in [-0.2, 0) is 19.6 Å². The van der Waals surface area contributed by atoms with Gasteiger partial charge in [-0.1, -0.05) is 23.9 Å². The lowest BCUT2D eigenvalue weighted by molar-refractivity contribution is -0.185. The highest BCUT2D eigenvalue weighted by Gasteiger charge is 2.73. The number of halogens is 1. The molecule has 4 atom stereocenters. The van der Waals surface area contributed by atoms with Crippen molar-refractivity contribution >= 4 is 33.4 Å². The molecule has 4 rings (SSSR count). The van der Waals surface area contributed by atoms with Crippen molar-refractivity contribution in [1.82, 2.24) is 9.21 Å². The molecule has 3 fully saturated rings. The summed E-state index contributed by atoms with van der Waals surface area (Å²) in [5, 5.41) is 0.0780. The van der Waals surface area contributed by atoms with E-state index in [1.54, 1.807) is 7.11 Å². The van der Waals surface area contributed by atoms with Crippen LogP contribution in [0.25, 0.3) is 0 Å². The number of ether oxygens (including phenoxy) is 1. The number of piperidine rings is 1. The topological polar surface area (TPSA) is 110 Å². The SMILES string of the molecule is C#CCN1C[C@H](COC)C23CCCC2N(S(=O)(=O)c2cc(Cl)cc(C(N)=O)c2)C3C1=O. The Hall–Kier alpha value is -2.12. The van der Waals surface area contributed by atoms with E-state index in [1.807, 2.05) is 0 Å². The number of carbonyl (C=O) groups is 2. The van der Waals surface area contributed by atoms with Crippen molar-refractivity contribution in [1.29, 1.82) is 0 Å². The molecule has 1 spiro atoms. The molecule has 10 heteroatoms. The Morgan fingerprint density at radius 2 is 2.16 bits per heavy atom. The zero-order chi connectivity index (χ0) is 22.6. The largest absolute Gasteiger partial charge is 0.384 e. The molecule has 8 nitrogen and oxygen atoms in total. The van der Waals surface area contributed by atoms with Gasteiger partial charge in [-0.15, -0.1) is 6.42 Å². The van der Waals surface area contributed by atoms with Gasteiger partial charge in [-0.2, -0.15) is 4.31 Å². The number of amides is 2. The van der Waals surface area contributed by atoms with Gasteiger partial charge in [0, 0.05) is 41.6 Å². The minimum absolute atomic E-state index is 0.00882. The molecule has 1 aromatic carbocycles. The molecule has 3 unspecified atom stereocenters. The lowest BCUT2D eigenvalue weighted by Crippen LogP contribution is -2.80. The summed E-state index contributed by atoms with van der Waals surface area (Å²) in [6, 6.07) is 2.61. The summed E-state index contributed by atoms with van der Waals surface area (Å²) in [7, 11) is -2.52. The first-order valence-electron chi connectivity index (χ1n) is 10.0. The van der Waals surface area contributed by atoms with Gasteiger partial charge in [0.05, 0.1) is 18.0 Å². The molecule has 2 saturated heterocycles. The van der Waals surface area contributed by atoms with Crippen molar-refractivity contribution in [2.45, 2.75) is 36.2 Å². The first-order valence-corrected chi connectivity index (χ1v) is 11.9. The number of nitrogens with zero attached hydrogens (tertiary/aromatic N) is 2. The number of sulfonamides is 1. The number of rotatable bonds is 6. The number of carbonyl (C=O) groups excluding carboxylic acids is 2. The molecule has 0 bridgehead atoms. The fourth-order valence-corrected chi connectivity index (χ4v) is 8.03. The second kappa shape index (κ2) is 7.78. The van der Waals surface area contributed by atoms with Crippen molar-refractivity contribution in [3.8, 4) is 12.3 Å². The van der Waals surface area contributed by atoms with E-state index in [-0.39, 0.29) is 39.9 Å². The van der Waals surface area contributed by atoms with E-state index in [4.69, 9.17) is 28.5 Å². The van der Waals surface area contributed by atoms with E-state index in [9.17, 15) is 18.0 Å². The zero-order valence-electron chi connectivity index (χ0n) is 17.1. The average Bonchev–Trinajstić information content (AvgIpc) is 3.03. The van der Waals surface area contributed by atoms with E-state index in [0.29, 0.717) is 19.6 Å². The minimum Gasteiger partial charge on any atom is -0.384 e. The van der Waals surface area contributed by atoms with E-state index in [2.05, 4.69) is 5.92 Å². The molecule has 166 valence electrons. The standard InChI is InChI=1S/C21H24ClN3O5S/c1-3-7-24-11-14(12-30-2)21-6-4-5-17(21)25(18(21)20(24)27)31(28,29)16-9-13(19(23)26)8-15(22)10-16/h1,8-10,14,17-18H,4-7,11-12H2,2H3,(H2,23,26)/t14-,17?,18?,21?/m1/s1. The molecule has 3 aliphatic rings. The van der Waals surface area contributed by atoms with Gasteiger partial charge >= 0.3 is 0 Å². The number of benzene rings is 1. The molecular weight excluding hydrogens is 442 g/mol. The average molecular weight is 466 g/mol. The van der Waals surface area contributed by atoms with Gasteiger partial charge in [-0.25, -0.2) is 8.42 Å². The van der Waals surface area contributed by atoms with Crippen LogP contribution in [0.2, 0.25) is 5.02 Å². The van der Waals surface area contributed by atoms with Crippen LogP contribution in [0.4, 0.5) is 0 Å². The normalized spacial score (nSPS) is 30.3. The summed E-state index contributed by atoms with van der Waals surface area (Å²) in [5.74, 6) is 1.39. The molecular formula is C21H24ClN3O5S.